The fraction of sp³-hybridized carbons (Fsp3) is 0.440. The van der Waals surface area contributed by atoms with E-state index in [1.807, 2.05) is 76.2 Å². The van der Waals surface area contributed by atoms with Gasteiger partial charge in [-0.2, -0.15) is 0 Å². The quantitative estimate of drug-likeness (QED) is 0.288. The molecule has 0 bridgehead atoms. The standard InChI is InChI=1S/C25H36N4O2.HI/c1-7-26-24(28-18-21-12-8-9-14-22(21)31-25(2,3)4)27-16-15-19-11-10-13-20(17-19)23(30)29(5)6;/h8-14,17H,7,15-16,18H2,1-6H3,(H2,26,27,28);1H. The summed E-state index contributed by atoms with van der Waals surface area (Å²) < 4.78 is 6.07. The van der Waals surface area contributed by atoms with Crippen LogP contribution in [-0.4, -0.2) is 49.6 Å². The number of guanidine groups is 1. The first-order chi connectivity index (χ1) is 14.7. The van der Waals surface area contributed by atoms with Crippen LogP contribution in [0.3, 0.4) is 0 Å². The van der Waals surface area contributed by atoms with E-state index >= 15 is 0 Å². The number of benzene rings is 2. The van der Waals surface area contributed by atoms with Gasteiger partial charge in [-0.3, -0.25) is 4.79 Å². The molecule has 2 aromatic rings. The van der Waals surface area contributed by atoms with E-state index in [1.54, 1.807) is 19.0 Å². The minimum atomic E-state index is -0.259. The molecular formula is C25H37IN4O2. The molecule has 2 rings (SSSR count). The number of carbonyl (C=O) groups excluding carboxylic acids is 1. The minimum absolute atomic E-state index is 0. The number of hydrogen-bond donors (Lipinski definition) is 2. The van der Waals surface area contributed by atoms with Crippen LogP contribution in [-0.2, 0) is 13.0 Å². The highest BCUT2D eigenvalue weighted by Crippen LogP contribution is 2.23. The molecule has 7 heteroatoms. The number of amides is 1. The lowest BCUT2D eigenvalue weighted by atomic mass is 10.1. The molecule has 2 N–H and O–H groups in total. The van der Waals surface area contributed by atoms with Crippen LogP contribution >= 0.6 is 24.0 Å². The molecule has 0 aliphatic heterocycles. The number of rotatable bonds is 8. The number of aliphatic imine (C=N–C) groups is 1. The first kappa shape index (κ1) is 27.7. The topological polar surface area (TPSA) is 66.0 Å². The largest absolute Gasteiger partial charge is 0.488 e. The smallest absolute Gasteiger partial charge is 0.253 e. The molecule has 0 saturated carbocycles. The summed E-state index contributed by atoms with van der Waals surface area (Å²) in [5, 5.41) is 6.67. The number of carbonyl (C=O) groups is 1. The highest BCUT2D eigenvalue weighted by Gasteiger charge is 2.14. The number of halogens is 1. The fourth-order valence-electron chi connectivity index (χ4n) is 3.01. The first-order valence-corrected chi connectivity index (χ1v) is 10.8. The van der Waals surface area contributed by atoms with E-state index in [0.29, 0.717) is 18.7 Å². The molecule has 0 aliphatic rings. The Labute approximate surface area is 209 Å². The molecule has 2 aromatic carbocycles. The Morgan fingerprint density at radius 2 is 1.78 bits per heavy atom. The highest BCUT2D eigenvalue weighted by molar-refractivity contribution is 14.0. The van der Waals surface area contributed by atoms with Crippen LogP contribution in [0.2, 0.25) is 0 Å². The molecule has 6 nitrogen and oxygen atoms in total. The molecule has 0 fully saturated rings. The maximum Gasteiger partial charge on any atom is 0.253 e. The lowest BCUT2D eigenvalue weighted by molar-refractivity contribution is 0.0827. The third kappa shape index (κ3) is 9.46. The van der Waals surface area contributed by atoms with Crippen molar-refractivity contribution in [3.63, 3.8) is 0 Å². The Balaban J connectivity index is 0.00000512. The van der Waals surface area contributed by atoms with E-state index in [0.717, 1.165) is 35.8 Å². The van der Waals surface area contributed by atoms with Gasteiger partial charge < -0.3 is 20.3 Å². The second-order valence-corrected chi connectivity index (χ2v) is 8.59. The Kier molecular flexibility index (Phi) is 11.5. The van der Waals surface area contributed by atoms with E-state index in [-0.39, 0.29) is 35.5 Å². The van der Waals surface area contributed by atoms with Crippen LogP contribution in [0.25, 0.3) is 0 Å². The van der Waals surface area contributed by atoms with Gasteiger partial charge in [0.15, 0.2) is 5.96 Å². The molecule has 0 saturated heterocycles. The van der Waals surface area contributed by atoms with Crippen molar-refractivity contribution in [2.24, 2.45) is 4.99 Å². The van der Waals surface area contributed by atoms with Crippen molar-refractivity contribution in [2.75, 3.05) is 27.2 Å². The first-order valence-electron chi connectivity index (χ1n) is 10.8. The van der Waals surface area contributed by atoms with Crippen LogP contribution in [0, 0.1) is 0 Å². The van der Waals surface area contributed by atoms with Crippen molar-refractivity contribution in [3.8, 4) is 5.75 Å². The van der Waals surface area contributed by atoms with Crippen molar-refractivity contribution < 1.29 is 9.53 Å². The molecule has 0 spiro atoms. The summed E-state index contributed by atoms with van der Waals surface area (Å²) in [5.74, 6) is 1.63. The van der Waals surface area contributed by atoms with Crippen molar-refractivity contribution in [2.45, 2.75) is 46.3 Å². The number of ether oxygens (including phenoxy) is 1. The number of nitrogens with one attached hydrogen (secondary N) is 2. The zero-order valence-electron chi connectivity index (χ0n) is 20.1. The van der Waals surface area contributed by atoms with Crippen molar-refractivity contribution in [1.29, 1.82) is 0 Å². The molecule has 176 valence electrons. The van der Waals surface area contributed by atoms with Gasteiger partial charge in [-0.15, -0.1) is 24.0 Å². The summed E-state index contributed by atoms with van der Waals surface area (Å²) in [6.07, 6.45) is 0.794. The lowest BCUT2D eigenvalue weighted by Gasteiger charge is -2.23. The molecule has 0 unspecified atom stereocenters. The van der Waals surface area contributed by atoms with Crippen LogP contribution in [0.15, 0.2) is 53.5 Å². The summed E-state index contributed by atoms with van der Waals surface area (Å²) in [6.45, 7) is 10.2. The Morgan fingerprint density at radius 3 is 2.44 bits per heavy atom. The van der Waals surface area contributed by atoms with Crippen LogP contribution in [0.4, 0.5) is 0 Å². The third-order valence-corrected chi connectivity index (χ3v) is 4.43. The highest BCUT2D eigenvalue weighted by atomic mass is 127. The third-order valence-electron chi connectivity index (χ3n) is 4.43. The molecule has 0 aliphatic carbocycles. The average Bonchev–Trinajstić information content (AvgIpc) is 2.71. The van der Waals surface area contributed by atoms with Gasteiger partial charge in [0.05, 0.1) is 6.54 Å². The van der Waals surface area contributed by atoms with Gasteiger partial charge in [-0.05, 0) is 57.9 Å². The van der Waals surface area contributed by atoms with E-state index in [2.05, 4.69) is 10.6 Å². The SMILES string of the molecule is CCNC(=NCc1ccccc1OC(C)(C)C)NCCc1cccc(C(=O)N(C)C)c1.I. The van der Waals surface area contributed by atoms with E-state index < -0.39 is 0 Å². The minimum Gasteiger partial charge on any atom is -0.488 e. The Hall–Kier alpha value is -2.29. The van der Waals surface area contributed by atoms with E-state index in [9.17, 15) is 4.79 Å². The van der Waals surface area contributed by atoms with Gasteiger partial charge in [0.1, 0.15) is 11.4 Å². The molecule has 32 heavy (non-hydrogen) atoms. The predicted octanol–water partition coefficient (Wildman–Crippen LogP) is 4.48. The summed E-state index contributed by atoms with van der Waals surface area (Å²) in [7, 11) is 3.53. The van der Waals surface area contributed by atoms with Gasteiger partial charge in [-0.1, -0.05) is 30.3 Å². The molecule has 0 heterocycles. The van der Waals surface area contributed by atoms with Gasteiger partial charge in [0, 0.05) is 38.3 Å². The lowest BCUT2D eigenvalue weighted by Crippen LogP contribution is -2.38. The van der Waals surface area contributed by atoms with Gasteiger partial charge in [-0.25, -0.2) is 4.99 Å². The summed E-state index contributed by atoms with van der Waals surface area (Å²) in [6, 6.07) is 15.8. The van der Waals surface area contributed by atoms with Gasteiger partial charge >= 0.3 is 0 Å². The van der Waals surface area contributed by atoms with Crippen molar-refractivity contribution in [1.82, 2.24) is 15.5 Å². The summed E-state index contributed by atoms with van der Waals surface area (Å²) in [5.41, 5.74) is 2.61. The average molecular weight is 553 g/mol. The predicted molar refractivity (Wildman–Crippen MR) is 143 cm³/mol. The van der Waals surface area contributed by atoms with E-state index in [1.165, 1.54) is 0 Å². The molecule has 0 radical (unpaired) electrons. The van der Waals surface area contributed by atoms with Crippen molar-refractivity contribution >= 4 is 35.8 Å². The second kappa shape index (κ2) is 13.3. The zero-order valence-corrected chi connectivity index (χ0v) is 22.4. The van der Waals surface area contributed by atoms with Crippen LogP contribution in [0.1, 0.15) is 49.2 Å². The molecule has 0 atom stereocenters. The maximum atomic E-state index is 12.2. The van der Waals surface area contributed by atoms with Gasteiger partial charge in [0.25, 0.3) is 5.91 Å². The fourth-order valence-corrected chi connectivity index (χ4v) is 3.01. The monoisotopic (exact) mass is 552 g/mol. The molecule has 0 aromatic heterocycles. The summed E-state index contributed by atoms with van der Waals surface area (Å²) >= 11 is 0. The Bertz CT molecular complexity index is 892. The van der Waals surface area contributed by atoms with E-state index in [4.69, 9.17) is 9.73 Å². The number of hydrogen-bond acceptors (Lipinski definition) is 3. The van der Waals surface area contributed by atoms with Crippen LogP contribution in [0.5, 0.6) is 5.75 Å². The number of para-hydroxylation sites is 1. The van der Waals surface area contributed by atoms with Gasteiger partial charge in [0.2, 0.25) is 0 Å². The van der Waals surface area contributed by atoms with Crippen LogP contribution < -0.4 is 15.4 Å². The maximum absolute atomic E-state index is 12.2. The molecular weight excluding hydrogens is 515 g/mol. The second-order valence-electron chi connectivity index (χ2n) is 8.59. The number of nitrogens with zero attached hydrogens (tertiary/aromatic N) is 2. The Morgan fingerprint density at radius 1 is 1.06 bits per heavy atom. The normalized spacial score (nSPS) is 11.4. The summed E-state index contributed by atoms with van der Waals surface area (Å²) in [4.78, 5) is 18.5. The molecule has 1 amide bonds. The van der Waals surface area contributed by atoms with Crippen molar-refractivity contribution in [3.05, 3.63) is 65.2 Å². The zero-order chi connectivity index (χ0) is 22.9.